The van der Waals surface area contributed by atoms with Gasteiger partial charge in [-0.1, -0.05) is 12.1 Å². The van der Waals surface area contributed by atoms with Gasteiger partial charge in [-0.2, -0.15) is 0 Å². The number of carbonyl (C=O) groups excluding carboxylic acids is 1. The molecule has 1 saturated carbocycles. The molecule has 1 aromatic carbocycles. The normalized spacial score (nSPS) is 17.5. The molecule has 1 N–H and O–H groups in total. The number of carbonyl (C=O) groups is 1. The van der Waals surface area contributed by atoms with Crippen LogP contribution >= 0.6 is 0 Å². The van der Waals surface area contributed by atoms with Crippen molar-refractivity contribution in [2.24, 2.45) is 0 Å². The van der Waals surface area contributed by atoms with Crippen molar-refractivity contribution < 1.29 is 9.18 Å². The lowest BCUT2D eigenvalue weighted by Crippen LogP contribution is -2.37. The second-order valence-electron chi connectivity index (χ2n) is 6.05. The summed E-state index contributed by atoms with van der Waals surface area (Å²) in [5.41, 5.74) is 0.208. The summed E-state index contributed by atoms with van der Waals surface area (Å²) in [4.78, 5) is 14.1. The summed E-state index contributed by atoms with van der Waals surface area (Å²) in [7, 11) is 0. The number of rotatable bonds is 2. The number of nitrogens with one attached hydrogen (secondary N) is 1. The van der Waals surface area contributed by atoms with Crippen molar-refractivity contribution >= 4 is 11.7 Å². The Kier molecular flexibility index (Phi) is 3.48. The highest BCUT2D eigenvalue weighted by Gasteiger charge is 2.31. The molecule has 0 atom stereocenters. The molecule has 0 saturated heterocycles. The Labute approximate surface area is 133 Å². The van der Waals surface area contributed by atoms with Crippen LogP contribution in [0.1, 0.15) is 30.4 Å². The maximum atomic E-state index is 13.7. The standard InChI is InChI=1S/C16H18FN5O/c17-12-3-1-2-4-13(12)18-16(23)21-8-7-14-19-20-15(11-5-6-11)22(14)10-9-21/h1-4,11H,5-10H2,(H,18,23). The van der Waals surface area contributed by atoms with E-state index in [2.05, 4.69) is 20.1 Å². The average molecular weight is 315 g/mol. The van der Waals surface area contributed by atoms with Gasteiger partial charge < -0.3 is 14.8 Å². The Morgan fingerprint density at radius 1 is 1.17 bits per heavy atom. The predicted molar refractivity (Wildman–Crippen MR) is 82.7 cm³/mol. The summed E-state index contributed by atoms with van der Waals surface area (Å²) in [6.45, 7) is 1.83. The number of amides is 2. The van der Waals surface area contributed by atoms with Gasteiger partial charge in [-0.25, -0.2) is 9.18 Å². The van der Waals surface area contributed by atoms with Crippen LogP contribution in [-0.4, -0.2) is 38.8 Å². The molecular weight excluding hydrogens is 297 g/mol. The molecule has 2 aromatic rings. The molecule has 2 heterocycles. The first-order valence-electron chi connectivity index (χ1n) is 7.95. The van der Waals surface area contributed by atoms with Crippen molar-refractivity contribution in [2.45, 2.75) is 31.7 Å². The summed E-state index contributed by atoms with van der Waals surface area (Å²) in [5, 5.41) is 11.2. The largest absolute Gasteiger partial charge is 0.322 e. The zero-order valence-corrected chi connectivity index (χ0v) is 12.7. The Hall–Kier alpha value is -2.44. The van der Waals surface area contributed by atoms with Crippen molar-refractivity contribution in [3.05, 3.63) is 41.7 Å². The molecule has 4 rings (SSSR count). The van der Waals surface area contributed by atoms with Crippen LogP contribution < -0.4 is 5.32 Å². The molecule has 7 heteroatoms. The highest BCUT2D eigenvalue weighted by atomic mass is 19.1. The molecule has 2 aliphatic rings. The van der Waals surface area contributed by atoms with Gasteiger partial charge in [-0.3, -0.25) is 0 Å². The van der Waals surface area contributed by atoms with Crippen LogP contribution in [0.15, 0.2) is 24.3 Å². The zero-order chi connectivity index (χ0) is 15.8. The van der Waals surface area contributed by atoms with Crippen molar-refractivity contribution in [1.29, 1.82) is 0 Å². The predicted octanol–water partition coefficient (Wildman–Crippen LogP) is 2.38. The third kappa shape index (κ3) is 2.78. The quantitative estimate of drug-likeness (QED) is 0.925. The molecule has 23 heavy (non-hydrogen) atoms. The molecule has 1 aliphatic carbocycles. The van der Waals surface area contributed by atoms with Crippen LogP contribution in [0.4, 0.5) is 14.9 Å². The summed E-state index contributed by atoms with van der Waals surface area (Å²) >= 11 is 0. The Morgan fingerprint density at radius 2 is 2.00 bits per heavy atom. The van der Waals surface area contributed by atoms with Gasteiger partial charge in [0, 0.05) is 32.0 Å². The van der Waals surface area contributed by atoms with Gasteiger partial charge in [0.25, 0.3) is 0 Å². The lowest BCUT2D eigenvalue weighted by Gasteiger charge is -2.20. The van der Waals surface area contributed by atoms with Crippen molar-refractivity contribution in [2.75, 3.05) is 18.4 Å². The van der Waals surface area contributed by atoms with Gasteiger partial charge in [-0.15, -0.1) is 10.2 Å². The molecule has 0 unspecified atom stereocenters. The van der Waals surface area contributed by atoms with Crippen LogP contribution in [0.2, 0.25) is 0 Å². The third-order valence-corrected chi connectivity index (χ3v) is 4.40. The third-order valence-electron chi connectivity index (χ3n) is 4.40. The van der Waals surface area contributed by atoms with Gasteiger partial charge in [-0.05, 0) is 25.0 Å². The van der Waals surface area contributed by atoms with Crippen LogP contribution in [0, 0.1) is 5.82 Å². The minimum Gasteiger partial charge on any atom is -0.322 e. The second kappa shape index (κ2) is 5.64. The van der Waals surface area contributed by atoms with E-state index in [4.69, 9.17) is 0 Å². The number of nitrogens with zero attached hydrogens (tertiary/aromatic N) is 4. The van der Waals surface area contributed by atoms with Crippen molar-refractivity contribution in [3.63, 3.8) is 0 Å². The van der Waals surface area contributed by atoms with E-state index in [0.29, 0.717) is 32.0 Å². The van der Waals surface area contributed by atoms with E-state index in [1.165, 1.54) is 18.9 Å². The Balaban J connectivity index is 1.45. The second-order valence-corrected chi connectivity index (χ2v) is 6.05. The number of anilines is 1. The Morgan fingerprint density at radius 3 is 2.78 bits per heavy atom. The molecule has 6 nitrogen and oxygen atoms in total. The van der Waals surface area contributed by atoms with E-state index in [9.17, 15) is 9.18 Å². The van der Waals surface area contributed by atoms with Gasteiger partial charge >= 0.3 is 6.03 Å². The maximum absolute atomic E-state index is 13.7. The lowest BCUT2D eigenvalue weighted by molar-refractivity contribution is 0.212. The average Bonchev–Trinajstić information content (AvgIpc) is 3.35. The van der Waals surface area contributed by atoms with E-state index in [0.717, 1.165) is 11.6 Å². The number of para-hydroxylation sites is 1. The van der Waals surface area contributed by atoms with Crippen molar-refractivity contribution in [1.82, 2.24) is 19.7 Å². The van der Waals surface area contributed by atoms with Gasteiger partial charge in [0.2, 0.25) is 0 Å². The van der Waals surface area contributed by atoms with E-state index >= 15 is 0 Å². The highest BCUT2D eigenvalue weighted by molar-refractivity contribution is 5.89. The maximum Gasteiger partial charge on any atom is 0.321 e. The number of fused-ring (bicyclic) bond motifs is 1. The topological polar surface area (TPSA) is 63.1 Å². The van der Waals surface area contributed by atoms with Crippen LogP contribution in [-0.2, 0) is 13.0 Å². The first-order chi connectivity index (χ1) is 11.2. The monoisotopic (exact) mass is 315 g/mol. The van der Waals surface area contributed by atoms with Gasteiger partial charge in [0.05, 0.1) is 5.69 Å². The fourth-order valence-corrected chi connectivity index (χ4v) is 2.95. The lowest BCUT2D eigenvalue weighted by atomic mass is 10.3. The fraction of sp³-hybridized carbons (Fsp3) is 0.438. The molecule has 0 spiro atoms. The number of hydrogen-bond acceptors (Lipinski definition) is 3. The molecule has 2 amide bonds. The minimum absolute atomic E-state index is 0.208. The molecule has 1 aliphatic heterocycles. The number of urea groups is 1. The number of benzene rings is 1. The van der Waals surface area contributed by atoms with E-state index < -0.39 is 5.82 Å². The molecule has 1 fully saturated rings. The molecule has 0 radical (unpaired) electrons. The van der Waals surface area contributed by atoms with Crippen molar-refractivity contribution in [3.8, 4) is 0 Å². The van der Waals surface area contributed by atoms with Crippen LogP contribution in [0.3, 0.4) is 0 Å². The summed E-state index contributed by atoms with van der Waals surface area (Å²) in [6, 6.07) is 5.92. The Bertz CT molecular complexity index is 740. The molecule has 120 valence electrons. The first-order valence-corrected chi connectivity index (χ1v) is 7.95. The highest BCUT2D eigenvalue weighted by Crippen LogP contribution is 2.39. The van der Waals surface area contributed by atoms with Gasteiger partial charge in [0.15, 0.2) is 0 Å². The fourth-order valence-electron chi connectivity index (χ4n) is 2.95. The molecular formula is C16H18FN5O. The number of hydrogen-bond donors (Lipinski definition) is 1. The smallest absolute Gasteiger partial charge is 0.321 e. The van der Waals surface area contributed by atoms with E-state index in [1.807, 2.05) is 0 Å². The SMILES string of the molecule is O=C(Nc1ccccc1F)N1CCc2nnc(C3CC3)n2CC1. The summed E-state index contributed by atoms with van der Waals surface area (Å²) in [5.74, 6) is 2.10. The molecule has 0 bridgehead atoms. The van der Waals surface area contributed by atoms with E-state index in [-0.39, 0.29) is 11.7 Å². The number of aromatic nitrogens is 3. The van der Waals surface area contributed by atoms with Crippen LogP contribution in [0.5, 0.6) is 0 Å². The van der Waals surface area contributed by atoms with E-state index in [1.54, 1.807) is 23.1 Å². The zero-order valence-electron chi connectivity index (χ0n) is 12.7. The summed E-state index contributed by atoms with van der Waals surface area (Å²) in [6.07, 6.45) is 3.02. The summed E-state index contributed by atoms with van der Waals surface area (Å²) < 4.78 is 15.8. The molecule has 1 aromatic heterocycles. The first kappa shape index (κ1) is 14.2. The minimum atomic E-state index is -0.427. The van der Waals surface area contributed by atoms with Gasteiger partial charge in [0.1, 0.15) is 17.5 Å². The van der Waals surface area contributed by atoms with Crippen LogP contribution in [0.25, 0.3) is 0 Å². The number of halogens is 1.